The average molecular weight is 320 g/mol. The molecule has 2 heterocycles. The third kappa shape index (κ3) is 2.59. The molecule has 0 aliphatic carbocycles. The normalized spacial score (nSPS) is 15.2. The van der Waals surface area contributed by atoms with E-state index < -0.39 is 5.91 Å². The molecule has 1 aliphatic rings. The zero-order valence-corrected chi connectivity index (χ0v) is 13.2. The fraction of sp³-hybridized carbons (Fsp3) is 0.333. The summed E-state index contributed by atoms with van der Waals surface area (Å²) in [6, 6.07) is 5.80. The highest BCUT2D eigenvalue weighted by molar-refractivity contribution is 7.16. The number of hydrogen-bond acceptors (Lipinski definition) is 5. The Morgan fingerprint density at radius 2 is 2.32 bits per heavy atom. The van der Waals surface area contributed by atoms with Gasteiger partial charge in [0.1, 0.15) is 30.7 Å². The van der Waals surface area contributed by atoms with Gasteiger partial charge >= 0.3 is 5.91 Å². The maximum Gasteiger partial charge on any atom is 0.317 e. The van der Waals surface area contributed by atoms with Gasteiger partial charge in [0.25, 0.3) is 0 Å². The summed E-state index contributed by atoms with van der Waals surface area (Å²) in [5.41, 5.74) is 0.943. The zero-order chi connectivity index (χ0) is 15.5. The molecule has 7 heteroatoms. The molecule has 0 saturated heterocycles. The van der Waals surface area contributed by atoms with Crippen LogP contribution in [0.25, 0.3) is 10.2 Å². The van der Waals surface area contributed by atoms with Crippen LogP contribution in [0.1, 0.15) is 6.92 Å². The van der Waals surface area contributed by atoms with Crippen LogP contribution in [-0.2, 0) is 20.8 Å². The largest absolute Gasteiger partial charge is 0.495 e. The first-order valence-corrected chi connectivity index (χ1v) is 7.76. The van der Waals surface area contributed by atoms with Crippen LogP contribution < -0.4 is 9.54 Å². The quantitative estimate of drug-likeness (QED) is 0.868. The number of para-hydroxylation sites is 1. The number of benzene rings is 1. The van der Waals surface area contributed by atoms with Gasteiger partial charge in [-0.2, -0.15) is 4.99 Å². The van der Waals surface area contributed by atoms with Crippen molar-refractivity contribution in [2.24, 2.45) is 4.99 Å². The number of aromatic nitrogens is 1. The Morgan fingerprint density at radius 1 is 1.45 bits per heavy atom. The minimum atomic E-state index is -0.438. The van der Waals surface area contributed by atoms with E-state index >= 15 is 0 Å². The van der Waals surface area contributed by atoms with Crippen molar-refractivity contribution in [3.8, 4) is 5.75 Å². The summed E-state index contributed by atoms with van der Waals surface area (Å²) in [5, 5.41) is 0. The van der Waals surface area contributed by atoms with E-state index in [2.05, 4.69) is 4.99 Å². The SMILES string of the molecule is CCn1c(=NC(=O)C2=COCCO2)sc2cccc(OC)c21. The topological polar surface area (TPSA) is 62.1 Å². The second kappa shape index (κ2) is 6.23. The van der Waals surface area contributed by atoms with Gasteiger partial charge in [-0.1, -0.05) is 17.4 Å². The smallest absolute Gasteiger partial charge is 0.317 e. The second-order valence-electron chi connectivity index (χ2n) is 4.55. The molecule has 1 aromatic carbocycles. The molecule has 0 unspecified atom stereocenters. The Kier molecular flexibility index (Phi) is 4.15. The van der Waals surface area contributed by atoms with Gasteiger partial charge in [-0.3, -0.25) is 4.79 Å². The summed E-state index contributed by atoms with van der Waals surface area (Å²) < 4.78 is 18.8. The summed E-state index contributed by atoms with van der Waals surface area (Å²) in [4.78, 5) is 17.0. The summed E-state index contributed by atoms with van der Waals surface area (Å²) in [6.45, 7) is 3.50. The maximum absolute atomic E-state index is 12.2. The lowest BCUT2D eigenvalue weighted by molar-refractivity contribution is -0.119. The minimum Gasteiger partial charge on any atom is -0.495 e. The number of methoxy groups -OCH3 is 1. The first-order valence-electron chi connectivity index (χ1n) is 6.94. The Morgan fingerprint density at radius 3 is 3.00 bits per heavy atom. The lowest BCUT2D eigenvalue weighted by Gasteiger charge is -2.12. The van der Waals surface area contributed by atoms with Crippen LogP contribution in [-0.4, -0.2) is 30.8 Å². The van der Waals surface area contributed by atoms with Crippen molar-refractivity contribution in [3.05, 3.63) is 35.0 Å². The number of nitrogens with zero attached hydrogens (tertiary/aromatic N) is 2. The molecular weight excluding hydrogens is 304 g/mol. The molecule has 3 rings (SSSR count). The fourth-order valence-electron chi connectivity index (χ4n) is 2.26. The van der Waals surface area contributed by atoms with Crippen molar-refractivity contribution < 1.29 is 19.0 Å². The van der Waals surface area contributed by atoms with Crippen LogP contribution in [0.15, 0.2) is 35.2 Å². The van der Waals surface area contributed by atoms with Crippen LogP contribution in [0.4, 0.5) is 0 Å². The number of hydrogen-bond donors (Lipinski definition) is 0. The molecule has 1 amide bonds. The van der Waals surface area contributed by atoms with E-state index in [1.165, 1.54) is 17.6 Å². The third-order valence-corrected chi connectivity index (χ3v) is 4.30. The molecule has 0 bridgehead atoms. The molecule has 116 valence electrons. The molecule has 0 fully saturated rings. The molecular formula is C15H16N2O4S. The van der Waals surface area contributed by atoms with Crippen molar-refractivity contribution in [1.82, 2.24) is 4.57 Å². The number of aryl methyl sites for hydroxylation is 1. The molecule has 0 radical (unpaired) electrons. The van der Waals surface area contributed by atoms with Crippen molar-refractivity contribution >= 4 is 27.5 Å². The van der Waals surface area contributed by atoms with E-state index in [9.17, 15) is 4.79 Å². The van der Waals surface area contributed by atoms with Crippen molar-refractivity contribution in [3.63, 3.8) is 0 Å². The van der Waals surface area contributed by atoms with E-state index in [-0.39, 0.29) is 5.76 Å². The number of fused-ring (bicyclic) bond motifs is 1. The number of carbonyl (C=O) groups excluding carboxylic acids is 1. The Labute approximate surface area is 131 Å². The standard InChI is InChI=1S/C15H16N2O4S/c1-3-17-13-10(19-2)5-4-6-12(13)22-15(17)16-14(18)11-9-20-7-8-21-11/h4-6,9H,3,7-8H2,1-2H3. The number of rotatable bonds is 3. The molecule has 0 saturated carbocycles. The van der Waals surface area contributed by atoms with Gasteiger partial charge in [-0.25, -0.2) is 0 Å². The Bertz CT molecular complexity index is 803. The average Bonchev–Trinajstić information content (AvgIpc) is 2.92. The molecule has 0 spiro atoms. The van der Waals surface area contributed by atoms with Crippen LogP contribution >= 0.6 is 11.3 Å². The number of amides is 1. The highest BCUT2D eigenvalue weighted by atomic mass is 32.1. The van der Waals surface area contributed by atoms with Crippen molar-refractivity contribution in [2.45, 2.75) is 13.5 Å². The van der Waals surface area contributed by atoms with E-state index in [1.54, 1.807) is 7.11 Å². The third-order valence-electron chi connectivity index (χ3n) is 3.26. The zero-order valence-electron chi connectivity index (χ0n) is 12.4. The van der Waals surface area contributed by atoms with E-state index in [1.807, 2.05) is 29.7 Å². The monoisotopic (exact) mass is 320 g/mol. The molecule has 0 N–H and O–H groups in total. The van der Waals surface area contributed by atoms with Crippen LogP contribution in [0, 0.1) is 0 Å². The van der Waals surface area contributed by atoms with Crippen molar-refractivity contribution in [2.75, 3.05) is 20.3 Å². The molecule has 1 aliphatic heterocycles. The lowest BCUT2D eigenvalue weighted by Crippen LogP contribution is -2.19. The molecule has 1 aromatic heterocycles. The van der Waals surface area contributed by atoms with Crippen LogP contribution in [0.2, 0.25) is 0 Å². The summed E-state index contributed by atoms with van der Waals surface area (Å²) >= 11 is 1.44. The van der Waals surface area contributed by atoms with Gasteiger partial charge in [0.05, 0.1) is 11.8 Å². The highest BCUT2D eigenvalue weighted by Crippen LogP contribution is 2.27. The van der Waals surface area contributed by atoms with Crippen LogP contribution in [0.5, 0.6) is 5.75 Å². The highest BCUT2D eigenvalue weighted by Gasteiger charge is 2.16. The lowest BCUT2D eigenvalue weighted by atomic mass is 10.3. The van der Waals surface area contributed by atoms with Crippen molar-refractivity contribution in [1.29, 1.82) is 0 Å². The summed E-state index contributed by atoms with van der Waals surface area (Å²) in [6.07, 6.45) is 1.32. The molecule has 0 atom stereocenters. The first-order chi connectivity index (χ1) is 10.7. The van der Waals surface area contributed by atoms with Gasteiger partial charge in [-0.15, -0.1) is 0 Å². The predicted molar refractivity (Wildman–Crippen MR) is 82.6 cm³/mol. The summed E-state index contributed by atoms with van der Waals surface area (Å²) in [5.74, 6) is 0.465. The molecule has 2 aromatic rings. The predicted octanol–water partition coefficient (Wildman–Crippen LogP) is 2.05. The fourth-order valence-corrected chi connectivity index (χ4v) is 3.37. The second-order valence-corrected chi connectivity index (χ2v) is 5.56. The van der Waals surface area contributed by atoms with Gasteiger partial charge in [-0.05, 0) is 19.1 Å². The van der Waals surface area contributed by atoms with Gasteiger partial charge in [0.2, 0.25) is 5.76 Å². The van der Waals surface area contributed by atoms with Gasteiger partial charge in [0.15, 0.2) is 4.80 Å². The Hall–Kier alpha value is -2.28. The van der Waals surface area contributed by atoms with Gasteiger partial charge in [0, 0.05) is 6.54 Å². The first kappa shape index (κ1) is 14.6. The van der Waals surface area contributed by atoms with Crippen LogP contribution in [0.3, 0.4) is 0 Å². The van der Waals surface area contributed by atoms with E-state index in [0.717, 1.165) is 16.0 Å². The number of carbonyl (C=O) groups is 1. The molecule has 6 nitrogen and oxygen atoms in total. The number of thiazole rings is 1. The molecule has 22 heavy (non-hydrogen) atoms. The van der Waals surface area contributed by atoms with Gasteiger partial charge < -0.3 is 18.8 Å². The maximum atomic E-state index is 12.2. The Balaban J connectivity index is 2.12. The minimum absolute atomic E-state index is 0.137. The van der Waals surface area contributed by atoms with E-state index in [0.29, 0.717) is 24.6 Å². The summed E-state index contributed by atoms with van der Waals surface area (Å²) in [7, 11) is 1.63. The number of ether oxygens (including phenoxy) is 3. The van der Waals surface area contributed by atoms with E-state index in [4.69, 9.17) is 14.2 Å².